The van der Waals surface area contributed by atoms with E-state index in [2.05, 4.69) is 34.3 Å². The number of hydrogen-bond donors (Lipinski definition) is 1. The first-order chi connectivity index (χ1) is 9.65. The number of aromatic nitrogens is 1. The fourth-order valence-electron chi connectivity index (χ4n) is 2.50. The highest BCUT2D eigenvalue weighted by atomic mass is 16.3. The molecule has 1 saturated carbocycles. The molecule has 2 unspecified atom stereocenters. The van der Waals surface area contributed by atoms with Crippen molar-refractivity contribution in [2.45, 2.75) is 25.8 Å². The molecule has 0 bridgehead atoms. The van der Waals surface area contributed by atoms with Crippen molar-refractivity contribution >= 4 is 11.4 Å². The number of hydrogen-bond acceptors (Lipinski definition) is 4. The van der Waals surface area contributed by atoms with Crippen LogP contribution < -0.4 is 10.2 Å². The Bertz CT molecular complexity index is 591. The van der Waals surface area contributed by atoms with Crippen LogP contribution in [0.3, 0.4) is 0 Å². The maximum absolute atomic E-state index is 5.90. The van der Waals surface area contributed by atoms with Gasteiger partial charge in [-0.1, -0.05) is 6.92 Å². The Balaban J connectivity index is 1.66. The standard InChI is InChI=1S/C16H21N3O/c1-11-8-13(11)16-5-4-12(20-16)9-18-14-10-17-7-6-15(14)19(2)3/h4-7,10-11,13,18H,8-9H2,1-3H3. The van der Waals surface area contributed by atoms with E-state index in [4.69, 9.17) is 4.42 Å². The Labute approximate surface area is 119 Å². The first-order valence-corrected chi connectivity index (χ1v) is 7.09. The zero-order valence-electron chi connectivity index (χ0n) is 12.3. The molecule has 0 aliphatic heterocycles. The summed E-state index contributed by atoms with van der Waals surface area (Å²) in [6.07, 6.45) is 4.91. The van der Waals surface area contributed by atoms with Crippen LogP contribution in [0.4, 0.5) is 11.4 Å². The molecular formula is C16H21N3O. The lowest BCUT2D eigenvalue weighted by Crippen LogP contribution is -2.12. The molecule has 2 atom stereocenters. The lowest BCUT2D eigenvalue weighted by atomic mass is 10.3. The second-order valence-corrected chi connectivity index (χ2v) is 5.76. The largest absolute Gasteiger partial charge is 0.464 e. The van der Waals surface area contributed by atoms with E-state index < -0.39 is 0 Å². The monoisotopic (exact) mass is 271 g/mol. The average molecular weight is 271 g/mol. The topological polar surface area (TPSA) is 41.3 Å². The molecule has 0 radical (unpaired) electrons. The summed E-state index contributed by atoms with van der Waals surface area (Å²) in [5.74, 6) is 3.53. The van der Waals surface area contributed by atoms with Crippen LogP contribution in [0.1, 0.15) is 30.8 Å². The molecule has 1 aliphatic rings. The van der Waals surface area contributed by atoms with E-state index in [-0.39, 0.29) is 0 Å². The van der Waals surface area contributed by atoms with Gasteiger partial charge in [0.2, 0.25) is 0 Å². The van der Waals surface area contributed by atoms with Crippen LogP contribution in [0.2, 0.25) is 0 Å². The van der Waals surface area contributed by atoms with Crippen molar-refractivity contribution in [3.63, 3.8) is 0 Å². The third-order valence-electron chi connectivity index (χ3n) is 3.89. The van der Waals surface area contributed by atoms with E-state index in [0.717, 1.165) is 28.8 Å². The summed E-state index contributed by atoms with van der Waals surface area (Å²) in [6.45, 7) is 2.96. The van der Waals surface area contributed by atoms with Gasteiger partial charge in [0.25, 0.3) is 0 Å². The first kappa shape index (κ1) is 13.0. The minimum absolute atomic E-state index is 0.638. The molecule has 4 heteroatoms. The molecule has 1 aliphatic carbocycles. The fourth-order valence-corrected chi connectivity index (χ4v) is 2.50. The van der Waals surface area contributed by atoms with Crippen molar-refractivity contribution < 1.29 is 4.42 Å². The summed E-state index contributed by atoms with van der Waals surface area (Å²) in [6, 6.07) is 6.18. The molecule has 2 aromatic heterocycles. The van der Waals surface area contributed by atoms with Crippen LogP contribution in [0.5, 0.6) is 0 Å². The van der Waals surface area contributed by atoms with E-state index in [9.17, 15) is 0 Å². The van der Waals surface area contributed by atoms with Gasteiger partial charge in [-0.2, -0.15) is 0 Å². The Hall–Kier alpha value is -1.97. The van der Waals surface area contributed by atoms with Crippen molar-refractivity contribution in [2.24, 2.45) is 5.92 Å². The van der Waals surface area contributed by atoms with Gasteiger partial charge in [0.05, 0.1) is 24.1 Å². The van der Waals surface area contributed by atoms with Gasteiger partial charge in [-0.25, -0.2) is 0 Å². The SMILES string of the molecule is CC1CC1c1ccc(CNc2cnccc2N(C)C)o1. The summed E-state index contributed by atoms with van der Waals surface area (Å²) in [5.41, 5.74) is 2.15. The van der Waals surface area contributed by atoms with Gasteiger partial charge in [-0.05, 0) is 30.5 Å². The molecule has 106 valence electrons. The smallest absolute Gasteiger partial charge is 0.123 e. The minimum Gasteiger partial charge on any atom is -0.464 e. The maximum Gasteiger partial charge on any atom is 0.123 e. The number of furan rings is 1. The predicted molar refractivity (Wildman–Crippen MR) is 81.1 cm³/mol. The van der Waals surface area contributed by atoms with Crippen LogP contribution in [-0.4, -0.2) is 19.1 Å². The highest BCUT2D eigenvalue weighted by Gasteiger charge is 2.36. The van der Waals surface area contributed by atoms with Crippen LogP contribution in [0, 0.1) is 5.92 Å². The Morgan fingerprint density at radius 2 is 2.15 bits per heavy atom. The summed E-state index contributed by atoms with van der Waals surface area (Å²) in [5, 5.41) is 3.40. The van der Waals surface area contributed by atoms with Crippen molar-refractivity contribution in [3.8, 4) is 0 Å². The number of nitrogens with zero attached hydrogens (tertiary/aromatic N) is 2. The number of nitrogens with one attached hydrogen (secondary N) is 1. The van der Waals surface area contributed by atoms with Crippen molar-refractivity contribution in [1.29, 1.82) is 0 Å². The maximum atomic E-state index is 5.90. The summed E-state index contributed by atoms with van der Waals surface area (Å²) >= 11 is 0. The summed E-state index contributed by atoms with van der Waals surface area (Å²) < 4.78 is 5.90. The van der Waals surface area contributed by atoms with Gasteiger partial charge >= 0.3 is 0 Å². The highest BCUT2D eigenvalue weighted by Crippen LogP contribution is 2.47. The molecule has 2 heterocycles. The molecule has 2 aromatic rings. The van der Waals surface area contributed by atoms with Crippen molar-refractivity contribution in [1.82, 2.24) is 4.98 Å². The lowest BCUT2D eigenvalue weighted by molar-refractivity contribution is 0.468. The molecule has 0 aromatic carbocycles. The van der Waals surface area contributed by atoms with Crippen LogP contribution >= 0.6 is 0 Å². The number of pyridine rings is 1. The van der Waals surface area contributed by atoms with Gasteiger partial charge in [-0.3, -0.25) is 4.98 Å². The molecular weight excluding hydrogens is 250 g/mol. The molecule has 1 N–H and O–H groups in total. The van der Waals surface area contributed by atoms with Crippen molar-refractivity contribution in [3.05, 3.63) is 42.1 Å². The van der Waals surface area contributed by atoms with E-state index in [1.807, 2.05) is 26.4 Å². The second kappa shape index (κ2) is 5.19. The third-order valence-corrected chi connectivity index (χ3v) is 3.89. The molecule has 4 nitrogen and oxygen atoms in total. The molecule has 3 rings (SSSR count). The molecule has 20 heavy (non-hydrogen) atoms. The summed E-state index contributed by atoms with van der Waals surface area (Å²) in [7, 11) is 4.06. The quantitative estimate of drug-likeness (QED) is 0.904. The fraction of sp³-hybridized carbons (Fsp3) is 0.438. The van der Waals surface area contributed by atoms with Crippen LogP contribution in [0.25, 0.3) is 0 Å². The molecule has 1 fully saturated rings. The van der Waals surface area contributed by atoms with E-state index in [0.29, 0.717) is 12.5 Å². The third kappa shape index (κ3) is 2.64. The second-order valence-electron chi connectivity index (χ2n) is 5.76. The summed E-state index contributed by atoms with van der Waals surface area (Å²) in [4.78, 5) is 6.25. The number of rotatable bonds is 5. The zero-order valence-corrected chi connectivity index (χ0v) is 12.3. The molecule has 0 amide bonds. The van der Waals surface area contributed by atoms with Crippen LogP contribution in [-0.2, 0) is 6.54 Å². The highest BCUT2D eigenvalue weighted by molar-refractivity contribution is 5.67. The Morgan fingerprint density at radius 1 is 1.35 bits per heavy atom. The van der Waals surface area contributed by atoms with E-state index >= 15 is 0 Å². The minimum atomic E-state index is 0.638. The van der Waals surface area contributed by atoms with Gasteiger partial charge in [0, 0.05) is 26.2 Å². The average Bonchev–Trinajstić information content (AvgIpc) is 3.00. The van der Waals surface area contributed by atoms with Gasteiger partial charge < -0.3 is 14.6 Å². The first-order valence-electron chi connectivity index (χ1n) is 7.09. The van der Waals surface area contributed by atoms with Crippen LogP contribution in [0.15, 0.2) is 35.0 Å². The van der Waals surface area contributed by atoms with Gasteiger partial charge in [-0.15, -0.1) is 0 Å². The molecule has 0 saturated heterocycles. The lowest BCUT2D eigenvalue weighted by Gasteiger charge is -2.17. The number of anilines is 2. The van der Waals surface area contributed by atoms with E-state index in [1.165, 1.54) is 6.42 Å². The van der Waals surface area contributed by atoms with Crippen molar-refractivity contribution in [2.75, 3.05) is 24.3 Å². The zero-order chi connectivity index (χ0) is 14.1. The predicted octanol–water partition coefficient (Wildman–Crippen LogP) is 3.48. The van der Waals surface area contributed by atoms with Gasteiger partial charge in [0.15, 0.2) is 0 Å². The Kier molecular flexibility index (Phi) is 3.38. The Morgan fingerprint density at radius 3 is 2.85 bits per heavy atom. The van der Waals surface area contributed by atoms with Gasteiger partial charge in [0.1, 0.15) is 11.5 Å². The normalized spacial score (nSPS) is 20.8. The van der Waals surface area contributed by atoms with E-state index in [1.54, 1.807) is 6.20 Å². The molecule has 0 spiro atoms.